The predicted molar refractivity (Wildman–Crippen MR) is 60.3 cm³/mol. The molecular formula is C10H9F3N2OS. The predicted octanol–water partition coefficient (Wildman–Crippen LogP) is 2.71. The van der Waals surface area contributed by atoms with Gasteiger partial charge in [-0.25, -0.2) is 0 Å². The molecule has 0 aliphatic carbocycles. The molecule has 0 unspecified atom stereocenters. The Bertz CT molecular complexity index is 448. The quantitative estimate of drug-likeness (QED) is 0.861. The third kappa shape index (κ3) is 3.29. The Labute approximate surface area is 99.8 Å². The van der Waals surface area contributed by atoms with Crippen LogP contribution in [-0.2, 0) is 4.79 Å². The van der Waals surface area contributed by atoms with Crippen molar-refractivity contribution in [2.75, 3.05) is 22.9 Å². The Morgan fingerprint density at radius 3 is 2.88 bits per heavy atom. The maximum atomic E-state index is 12.0. The zero-order valence-electron chi connectivity index (χ0n) is 8.60. The summed E-state index contributed by atoms with van der Waals surface area (Å²) in [7, 11) is 0. The largest absolute Gasteiger partial charge is 0.405 e. The van der Waals surface area contributed by atoms with Gasteiger partial charge in [-0.1, -0.05) is 0 Å². The molecular weight excluding hydrogens is 253 g/mol. The third-order valence-electron chi connectivity index (χ3n) is 2.11. The Balaban J connectivity index is 2.10. The molecule has 1 aliphatic heterocycles. The molecule has 1 aromatic carbocycles. The normalized spacial score (nSPS) is 15.1. The van der Waals surface area contributed by atoms with Gasteiger partial charge in [-0.3, -0.25) is 4.79 Å². The van der Waals surface area contributed by atoms with Gasteiger partial charge in [-0.2, -0.15) is 13.2 Å². The number of hydrogen-bond donors (Lipinski definition) is 2. The third-order valence-corrected chi connectivity index (χ3v) is 3.18. The average Bonchev–Trinajstić information content (AvgIpc) is 2.24. The molecule has 0 saturated heterocycles. The van der Waals surface area contributed by atoms with Gasteiger partial charge in [0.1, 0.15) is 6.54 Å². The molecule has 3 nitrogen and oxygen atoms in total. The number of nitrogens with one attached hydrogen (secondary N) is 2. The molecule has 1 aromatic rings. The number of amides is 1. The van der Waals surface area contributed by atoms with Crippen LogP contribution in [0.1, 0.15) is 0 Å². The SMILES string of the molecule is O=C1CSc2ccc(NCC(F)(F)F)cc2N1. The van der Waals surface area contributed by atoms with Crippen LogP contribution in [0.15, 0.2) is 23.1 Å². The second-order valence-electron chi connectivity index (χ2n) is 3.52. The number of halogens is 3. The number of thioether (sulfide) groups is 1. The van der Waals surface area contributed by atoms with Crippen LogP contribution < -0.4 is 10.6 Å². The zero-order chi connectivity index (χ0) is 12.5. The van der Waals surface area contributed by atoms with E-state index < -0.39 is 12.7 Å². The van der Waals surface area contributed by atoms with E-state index in [-0.39, 0.29) is 5.91 Å². The minimum atomic E-state index is -4.26. The number of carbonyl (C=O) groups is 1. The molecule has 7 heteroatoms. The molecule has 1 aliphatic rings. The van der Waals surface area contributed by atoms with Crippen LogP contribution in [0.3, 0.4) is 0 Å². The van der Waals surface area contributed by atoms with Gasteiger partial charge in [0.25, 0.3) is 0 Å². The van der Waals surface area contributed by atoms with Crippen molar-refractivity contribution in [3.8, 4) is 0 Å². The van der Waals surface area contributed by atoms with Crippen molar-refractivity contribution < 1.29 is 18.0 Å². The molecule has 0 bridgehead atoms. The van der Waals surface area contributed by atoms with Crippen LogP contribution in [0.5, 0.6) is 0 Å². The lowest BCUT2D eigenvalue weighted by molar-refractivity contribution is -0.115. The molecule has 2 rings (SSSR count). The first-order valence-electron chi connectivity index (χ1n) is 4.81. The zero-order valence-corrected chi connectivity index (χ0v) is 9.41. The summed E-state index contributed by atoms with van der Waals surface area (Å²) in [4.78, 5) is 12.0. The van der Waals surface area contributed by atoms with Crippen molar-refractivity contribution in [2.45, 2.75) is 11.1 Å². The molecule has 0 saturated carbocycles. The van der Waals surface area contributed by atoms with Gasteiger partial charge in [0.2, 0.25) is 5.91 Å². The Morgan fingerprint density at radius 1 is 1.41 bits per heavy atom. The Kier molecular flexibility index (Phi) is 3.19. The molecule has 2 N–H and O–H groups in total. The van der Waals surface area contributed by atoms with Gasteiger partial charge in [0, 0.05) is 10.6 Å². The topological polar surface area (TPSA) is 41.1 Å². The van der Waals surface area contributed by atoms with Gasteiger partial charge < -0.3 is 10.6 Å². The second-order valence-corrected chi connectivity index (χ2v) is 4.53. The molecule has 0 aromatic heterocycles. The van der Waals surface area contributed by atoms with Gasteiger partial charge in [-0.05, 0) is 18.2 Å². The van der Waals surface area contributed by atoms with Crippen LogP contribution >= 0.6 is 11.8 Å². The number of anilines is 2. The fourth-order valence-corrected chi connectivity index (χ4v) is 2.18. The van der Waals surface area contributed by atoms with Crippen molar-refractivity contribution in [1.82, 2.24) is 0 Å². The van der Waals surface area contributed by atoms with Gasteiger partial charge in [0.05, 0.1) is 11.4 Å². The Hall–Kier alpha value is -1.37. The van der Waals surface area contributed by atoms with Gasteiger partial charge >= 0.3 is 6.18 Å². The van der Waals surface area contributed by atoms with E-state index >= 15 is 0 Å². The number of benzene rings is 1. The van der Waals surface area contributed by atoms with E-state index in [1.54, 1.807) is 12.1 Å². The van der Waals surface area contributed by atoms with Crippen molar-refractivity contribution in [2.24, 2.45) is 0 Å². The fraction of sp³-hybridized carbons (Fsp3) is 0.300. The van der Waals surface area contributed by atoms with Crippen LogP contribution in [0.4, 0.5) is 24.5 Å². The number of rotatable bonds is 2. The lowest BCUT2D eigenvalue weighted by Crippen LogP contribution is -2.22. The second kappa shape index (κ2) is 4.48. The number of alkyl halides is 3. The lowest BCUT2D eigenvalue weighted by atomic mass is 10.2. The van der Waals surface area contributed by atoms with Crippen LogP contribution in [0.2, 0.25) is 0 Å². The Morgan fingerprint density at radius 2 is 2.18 bits per heavy atom. The highest BCUT2D eigenvalue weighted by Crippen LogP contribution is 2.33. The number of fused-ring (bicyclic) bond motifs is 1. The summed E-state index contributed by atoms with van der Waals surface area (Å²) in [6.45, 7) is -1.09. The fourth-order valence-electron chi connectivity index (χ4n) is 1.40. The van der Waals surface area contributed by atoms with Crippen LogP contribution in [0, 0.1) is 0 Å². The minimum Gasteiger partial charge on any atom is -0.376 e. The van der Waals surface area contributed by atoms with E-state index in [4.69, 9.17) is 0 Å². The summed E-state index contributed by atoms with van der Waals surface area (Å²) in [5.74, 6) is 0.193. The highest BCUT2D eigenvalue weighted by molar-refractivity contribution is 8.00. The number of carbonyl (C=O) groups excluding carboxylic acids is 1. The van der Waals surface area contributed by atoms with E-state index in [1.807, 2.05) is 0 Å². The van der Waals surface area contributed by atoms with Gasteiger partial charge in [0.15, 0.2) is 0 Å². The monoisotopic (exact) mass is 262 g/mol. The standard InChI is InChI=1S/C10H9F3N2OS/c11-10(12,13)5-14-6-1-2-8-7(3-6)15-9(16)4-17-8/h1-3,14H,4-5H2,(H,15,16). The van der Waals surface area contributed by atoms with Gasteiger partial charge in [-0.15, -0.1) is 11.8 Å². The molecule has 0 radical (unpaired) electrons. The van der Waals surface area contributed by atoms with E-state index in [2.05, 4.69) is 10.6 Å². The van der Waals surface area contributed by atoms with Crippen molar-refractivity contribution in [1.29, 1.82) is 0 Å². The summed E-state index contributed by atoms with van der Waals surface area (Å²) in [5.41, 5.74) is 0.891. The van der Waals surface area contributed by atoms with E-state index in [0.29, 0.717) is 17.1 Å². The highest BCUT2D eigenvalue weighted by Gasteiger charge is 2.26. The smallest absolute Gasteiger partial charge is 0.376 e. The first-order chi connectivity index (χ1) is 7.94. The van der Waals surface area contributed by atoms with E-state index in [9.17, 15) is 18.0 Å². The summed E-state index contributed by atoms with van der Waals surface area (Å²) in [6, 6.07) is 4.76. The molecule has 1 amide bonds. The summed E-state index contributed by atoms with van der Waals surface area (Å²) in [5, 5.41) is 4.88. The average molecular weight is 262 g/mol. The molecule has 92 valence electrons. The first kappa shape index (κ1) is 12.1. The molecule has 0 spiro atoms. The summed E-state index contributed by atoms with van der Waals surface area (Å²) in [6.07, 6.45) is -4.26. The van der Waals surface area contributed by atoms with E-state index in [0.717, 1.165) is 4.90 Å². The minimum absolute atomic E-state index is 0.143. The van der Waals surface area contributed by atoms with Crippen molar-refractivity contribution in [3.63, 3.8) is 0 Å². The maximum Gasteiger partial charge on any atom is 0.405 e. The first-order valence-corrected chi connectivity index (χ1v) is 5.80. The van der Waals surface area contributed by atoms with Crippen molar-refractivity contribution >= 4 is 29.0 Å². The highest BCUT2D eigenvalue weighted by atomic mass is 32.2. The molecule has 17 heavy (non-hydrogen) atoms. The number of hydrogen-bond acceptors (Lipinski definition) is 3. The molecule has 0 atom stereocenters. The summed E-state index contributed by atoms with van der Waals surface area (Å²) < 4.78 is 36.0. The van der Waals surface area contributed by atoms with E-state index in [1.165, 1.54) is 17.8 Å². The maximum absolute atomic E-state index is 12.0. The van der Waals surface area contributed by atoms with Crippen LogP contribution in [-0.4, -0.2) is 24.4 Å². The molecule has 0 fully saturated rings. The molecule has 1 heterocycles. The van der Waals surface area contributed by atoms with Crippen LogP contribution in [0.25, 0.3) is 0 Å². The van der Waals surface area contributed by atoms with Crippen molar-refractivity contribution in [3.05, 3.63) is 18.2 Å². The lowest BCUT2D eigenvalue weighted by Gasteiger charge is -2.18. The summed E-state index contributed by atoms with van der Waals surface area (Å²) >= 11 is 1.37.